The van der Waals surface area contributed by atoms with Crippen LogP contribution in [0, 0.1) is 13.8 Å². The molecule has 3 aromatic rings. The molecule has 1 saturated heterocycles. The molecule has 1 atom stereocenters. The van der Waals surface area contributed by atoms with Crippen LogP contribution in [0.4, 0.5) is 0 Å². The molecule has 4 rings (SSSR count). The molecule has 2 N–H and O–H groups in total. The number of ether oxygens (including phenoxy) is 1. The number of Topliss-reactive ketones (excluding diaryl/α,β-unsaturated/α-hetero) is 1. The van der Waals surface area contributed by atoms with Gasteiger partial charge < -0.3 is 19.8 Å². The van der Waals surface area contributed by atoms with E-state index in [1.54, 1.807) is 24.3 Å². The summed E-state index contributed by atoms with van der Waals surface area (Å²) in [6.07, 6.45) is 0. The van der Waals surface area contributed by atoms with E-state index in [-0.39, 0.29) is 23.6 Å². The molecule has 0 radical (unpaired) electrons. The van der Waals surface area contributed by atoms with Gasteiger partial charge in [0.15, 0.2) is 0 Å². The number of methoxy groups -OCH3 is 1. The highest BCUT2D eigenvalue weighted by Gasteiger charge is 2.46. The number of rotatable bonds is 5. The summed E-state index contributed by atoms with van der Waals surface area (Å²) in [6.45, 7) is 4.09. The molecule has 34 heavy (non-hydrogen) atoms. The van der Waals surface area contributed by atoms with Gasteiger partial charge in [0.25, 0.3) is 11.7 Å². The lowest BCUT2D eigenvalue weighted by atomic mass is 9.94. The topological polar surface area (TPSA) is 87.1 Å². The molecule has 1 amide bonds. The maximum absolute atomic E-state index is 13.2. The van der Waals surface area contributed by atoms with Gasteiger partial charge >= 0.3 is 0 Å². The minimum atomic E-state index is -0.845. The van der Waals surface area contributed by atoms with Crippen molar-refractivity contribution in [2.75, 3.05) is 7.11 Å². The molecule has 1 aliphatic heterocycles. The molecule has 0 spiro atoms. The van der Waals surface area contributed by atoms with Gasteiger partial charge in [-0.25, -0.2) is 0 Å². The van der Waals surface area contributed by atoms with Crippen LogP contribution in [0.2, 0.25) is 5.02 Å². The average molecular weight is 478 g/mol. The van der Waals surface area contributed by atoms with Crippen LogP contribution in [0.5, 0.6) is 11.5 Å². The number of hydrogen-bond donors (Lipinski definition) is 2. The molecule has 1 unspecified atom stereocenters. The zero-order chi connectivity index (χ0) is 24.6. The van der Waals surface area contributed by atoms with Crippen LogP contribution in [0.1, 0.15) is 33.9 Å². The first kappa shape index (κ1) is 23.4. The molecule has 1 heterocycles. The van der Waals surface area contributed by atoms with E-state index in [2.05, 4.69) is 0 Å². The Morgan fingerprint density at radius 1 is 1.03 bits per heavy atom. The van der Waals surface area contributed by atoms with Crippen LogP contribution < -0.4 is 4.74 Å². The molecule has 1 fully saturated rings. The number of carbonyl (C=O) groups is 2. The van der Waals surface area contributed by atoms with Crippen molar-refractivity contribution in [3.05, 3.63) is 99.1 Å². The second-order valence-electron chi connectivity index (χ2n) is 8.30. The van der Waals surface area contributed by atoms with Gasteiger partial charge in [0.1, 0.15) is 17.3 Å². The third-order valence-electron chi connectivity index (χ3n) is 6.02. The van der Waals surface area contributed by atoms with Crippen molar-refractivity contribution in [3.63, 3.8) is 0 Å². The van der Waals surface area contributed by atoms with Crippen LogP contribution in [0.25, 0.3) is 5.76 Å². The highest BCUT2D eigenvalue weighted by atomic mass is 35.5. The first-order chi connectivity index (χ1) is 16.2. The summed E-state index contributed by atoms with van der Waals surface area (Å²) in [5, 5.41) is 21.3. The lowest BCUT2D eigenvalue weighted by molar-refractivity contribution is -0.140. The molecule has 0 saturated carbocycles. The summed E-state index contributed by atoms with van der Waals surface area (Å²) in [5.41, 5.74) is 3.77. The maximum Gasteiger partial charge on any atom is 0.295 e. The summed E-state index contributed by atoms with van der Waals surface area (Å²) < 4.78 is 5.24. The third-order valence-corrected chi connectivity index (χ3v) is 6.33. The molecule has 6 nitrogen and oxygen atoms in total. The number of aromatic hydroxyl groups is 1. The van der Waals surface area contributed by atoms with Gasteiger partial charge in [-0.3, -0.25) is 9.59 Å². The SMILES string of the molecule is COc1cc(/C(O)=C2/C(=O)C(=O)N(Cc3cc(C)ccc3C)C2c2ccc(O)cc2)ccc1Cl. The van der Waals surface area contributed by atoms with E-state index in [4.69, 9.17) is 16.3 Å². The predicted molar refractivity (Wildman–Crippen MR) is 130 cm³/mol. The van der Waals surface area contributed by atoms with Gasteiger partial charge in [0.05, 0.1) is 23.7 Å². The van der Waals surface area contributed by atoms with Gasteiger partial charge in [-0.2, -0.15) is 0 Å². The van der Waals surface area contributed by atoms with Crippen molar-refractivity contribution in [1.29, 1.82) is 0 Å². The quantitative estimate of drug-likeness (QED) is 0.296. The van der Waals surface area contributed by atoms with Gasteiger partial charge in [-0.15, -0.1) is 0 Å². The van der Waals surface area contributed by atoms with Crippen molar-refractivity contribution in [1.82, 2.24) is 4.90 Å². The van der Waals surface area contributed by atoms with Crippen molar-refractivity contribution >= 4 is 29.1 Å². The summed E-state index contributed by atoms with van der Waals surface area (Å²) in [6, 6.07) is 16.0. The molecule has 7 heteroatoms. The van der Waals surface area contributed by atoms with E-state index in [0.717, 1.165) is 16.7 Å². The molecule has 1 aliphatic rings. The Hall–Kier alpha value is -3.77. The lowest BCUT2D eigenvalue weighted by Crippen LogP contribution is -2.29. The maximum atomic E-state index is 13.2. The highest BCUT2D eigenvalue weighted by molar-refractivity contribution is 6.46. The molecule has 0 aliphatic carbocycles. The number of aliphatic hydroxyl groups is 1. The number of aliphatic hydroxyl groups excluding tert-OH is 1. The summed E-state index contributed by atoms with van der Waals surface area (Å²) in [4.78, 5) is 27.9. The number of halogens is 1. The van der Waals surface area contributed by atoms with Gasteiger partial charge in [0.2, 0.25) is 0 Å². The number of hydrogen-bond acceptors (Lipinski definition) is 5. The number of phenols is 1. The summed E-state index contributed by atoms with van der Waals surface area (Å²) >= 11 is 6.12. The third kappa shape index (κ3) is 4.24. The van der Waals surface area contributed by atoms with Gasteiger partial charge in [0, 0.05) is 12.1 Å². The largest absolute Gasteiger partial charge is 0.508 e. The molecular formula is C27H24ClNO5. The Morgan fingerprint density at radius 3 is 2.41 bits per heavy atom. The molecule has 0 bridgehead atoms. The second kappa shape index (κ2) is 9.23. The van der Waals surface area contributed by atoms with Gasteiger partial charge in [-0.05, 0) is 60.9 Å². The first-order valence-electron chi connectivity index (χ1n) is 10.7. The van der Waals surface area contributed by atoms with Crippen LogP contribution in [0.15, 0.2) is 66.2 Å². The van der Waals surface area contributed by atoms with Crippen molar-refractivity contribution in [2.45, 2.75) is 26.4 Å². The Kier molecular flexibility index (Phi) is 6.35. The van der Waals surface area contributed by atoms with Crippen molar-refractivity contribution in [2.24, 2.45) is 0 Å². The molecular weight excluding hydrogens is 454 g/mol. The normalized spacial score (nSPS) is 17.3. The van der Waals surface area contributed by atoms with Crippen molar-refractivity contribution in [3.8, 4) is 11.5 Å². The van der Waals surface area contributed by atoms with Crippen LogP contribution >= 0.6 is 11.6 Å². The Labute approximate surface area is 202 Å². The molecule has 0 aromatic heterocycles. The lowest BCUT2D eigenvalue weighted by Gasteiger charge is -2.26. The first-order valence-corrected chi connectivity index (χ1v) is 11.1. The predicted octanol–water partition coefficient (Wildman–Crippen LogP) is 5.29. The minimum absolute atomic E-state index is 0.0367. The van der Waals surface area contributed by atoms with E-state index in [9.17, 15) is 19.8 Å². The minimum Gasteiger partial charge on any atom is -0.508 e. The van der Waals surface area contributed by atoms with Crippen LogP contribution in [-0.2, 0) is 16.1 Å². The molecule has 3 aromatic carbocycles. The van der Waals surface area contributed by atoms with E-state index >= 15 is 0 Å². The fraction of sp³-hybridized carbons (Fsp3) is 0.185. The van der Waals surface area contributed by atoms with E-state index in [1.165, 1.54) is 30.2 Å². The van der Waals surface area contributed by atoms with Crippen molar-refractivity contribution < 1.29 is 24.5 Å². The zero-order valence-corrected chi connectivity index (χ0v) is 19.8. The Morgan fingerprint density at radius 2 is 1.74 bits per heavy atom. The number of nitrogens with zero attached hydrogens (tertiary/aromatic N) is 1. The number of aryl methyl sites for hydroxylation is 2. The van der Waals surface area contributed by atoms with E-state index in [0.29, 0.717) is 21.9 Å². The molecule has 174 valence electrons. The van der Waals surface area contributed by atoms with E-state index < -0.39 is 17.7 Å². The number of carbonyl (C=O) groups excluding carboxylic acids is 2. The number of phenolic OH excluding ortho intramolecular Hbond substituents is 1. The Balaban J connectivity index is 1.89. The standard InChI is InChI=1S/C27H24ClNO5/c1-15-4-5-16(2)19(12-15)14-29-24(17-6-9-20(30)10-7-17)23(26(32)27(29)33)25(31)18-8-11-21(28)22(13-18)34-3/h4-13,24,30-31H,14H2,1-3H3/b25-23-. The van der Waals surface area contributed by atoms with Crippen LogP contribution in [-0.4, -0.2) is 33.9 Å². The Bertz CT molecular complexity index is 1310. The average Bonchev–Trinajstić information content (AvgIpc) is 3.06. The van der Waals surface area contributed by atoms with Crippen LogP contribution in [0.3, 0.4) is 0 Å². The summed E-state index contributed by atoms with van der Waals surface area (Å²) in [7, 11) is 1.45. The number of amides is 1. The second-order valence-corrected chi connectivity index (χ2v) is 8.70. The van der Waals surface area contributed by atoms with E-state index in [1.807, 2.05) is 32.0 Å². The number of benzene rings is 3. The summed E-state index contributed by atoms with van der Waals surface area (Å²) in [5.74, 6) is -1.43. The number of ketones is 1. The smallest absolute Gasteiger partial charge is 0.295 e. The van der Waals surface area contributed by atoms with Gasteiger partial charge in [-0.1, -0.05) is 47.5 Å². The fourth-order valence-electron chi connectivity index (χ4n) is 4.16. The fourth-order valence-corrected chi connectivity index (χ4v) is 4.36. The number of likely N-dealkylation sites (tertiary alicyclic amines) is 1. The zero-order valence-electron chi connectivity index (χ0n) is 19.0. The monoisotopic (exact) mass is 477 g/mol. The highest BCUT2D eigenvalue weighted by Crippen LogP contribution is 2.41.